The Labute approximate surface area is 149 Å². The molecule has 2 rings (SSSR count). The van der Waals surface area contributed by atoms with E-state index in [2.05, 4.69) is 6.58 Å². The van der Waals surface area contributed by atoms with Gasteiger partial charge in [0.1, 0.15) is 0 Å². The lowest BCUT2D eigenvalue weighted by Crippen LogP contribution is -2.41. The highest BCUT2D eigenvalue weighted by molar-refractivity contribution is 8.13. The summed E-state index contributed by atoms with van der Waals surface area (Å²) in [6.45, 7) is 13.5. The number of rotatable bonds is 5. The van der Waals surface area contributed by atoms with Gasteiger partial charge in [0.25, 0.3) is 0 Å². The summed E-state index contributed by atoms with van der Waals surface area (Å²) >= 11 is 1.27. The van der Waals surface area contributed by atoms with Gasteiger partial charge in [0.2, 0.25) is 0 Å². The summed E-state index contributed by atoms with van der Waals surface area (Å²) in [5.74, 6) is 0.551. The van der Waals surface area contributed by atoms with Crippen LogP contribution in [0.3, 0.4) is 0 Å². The Morgan fingerprint density at radius 2 is 1.62 bits per heavy atom. The Balaban J connectivity index is 2.29. The van der Waals surface area contributed by atoms with Crippen LogP contribution in [0, 0.1) is 0 Å². The van der Waals surface area contributed by atoms with E-state index in [0.717, 1.165) is 16.6 Å². The SMILES string of the molecule is C=Cc1ccc(C=C(CSC(C)=O)B2OC(C)(C)C(C)(C)O2)cc1. The van der Waals surface area contributed by atoms with Crippen molar-refractivity contribution < 1.29 is 14.1 Å². The summed E-state index contributed by atoms with van der Waals surface area (Å²) in [7, 11) is -0.444. The first-order valence-electron chi connectivity index (χ1n) is 8.06. The van der Waals surface area contributed by atoms with Crippen molar-refractivity contribution in [2.24, 2.45) is 0 Å². The first-order valence-corrected chi connectivity index (χ1v) is 9.05. The van der Waals surface area contributed by atoms with Gasteiger partial charge in [0.15, 0.2) is 5.12 Å². The third-order valence-corrected chi connectivity index (χ3v) is 5.41. The highest BCUT2D eigenvalue weighted by atomic mass is 32.2. The van der Waals surface area contributed by atoms with Crippen LogP contribution in [0.15, 0.2) is 36.3 Å². The molecule has 0 aliphatic carbocycles. The summed E-state index contributed by atoms with van der Waals surface area (Å²) in [5, 5.41) is 0.0828. The Morgan fingerprint density at radius 3 is 2.08 bits per heavy atom. The van der Waals surface area contributed by atoms with Crippen LogP contribution in [0.1, 0.15) is 45.7 Å². The molecule has 0 aromatic heterocycles. The molecule has 1 saturated heterocycles. The second-order valence-corrected chi connectivity index (χ2v) is 8.11. The molecule has 1 aromatic carbocycles. The zero-order valence-electron chi connectivity index (χ0n) is 15.1. The van der Waals surface area contributed by atoms with Crippen molar-refractivity contribution >= 4 is 36.1 Å². The van der Waals surface area contributed by atoms with Gasteiger partial charge in [0.05, 0.1) is 11.2 Å². The van der Waals surface area contributed by atoms with Crippen LogP contribution < -0.4 is 0 Å². The summed E-state index contributed by atoms with van der Waals surface area (Å²) in [6.07, 6.45) is 3.86. The minimum Gasteiger partial charge on any atom is -0.400 e. The van der Waals surface area contributed by atoms with Gasteiger partial charge < -0.3 is 9.31 Å². The molecule has 0 bridgehead atoms. The van der Waals surface area contributed by atoms with E-state index in [-0.39, 0.29) is 5.12 Å². The summed E-state index contributed by atoms with van der Waals surface area (Å²) in [6, 6.07) is 8.08. The van der Waals surface area contributed by atoms with Gasteiger partial charge >= 0.3 is 7.12 Å². The molecule has 5 heteroatoms. The monoisotopic (exact) mass is 344 g/mol. The molecule has 1 aliphatic rings. The summed E-state index contributed by atoms with van der Waals surface area (Å²) < 4.78 is 12.3. The fraction of sp³-hybridized carbons (Fsp3) is 0.421. The second kappa shape index (κ2) is 7.30. The van der Waals surface area contributed by atoms with Crippen LogP contribution in [0.25, 0.3) is 12.2 Å². The largest absolute Gasteiger partial charge is 0.491 e. The lowest BCUT2D eigenvalue weighted by atomic mass is 9.78. The van der Waals surface area contributed by atoms with E-state index in [1.165, 1.54) is 11.8 Å². The van der Waals surface area contributed by atoms with Crippen LogP contribution in [0.4, 0.5) is 0 Å². The maximum atomic E-state index is 11.4. The van der Waals surface area contributed by atoms with E-state index in [4.69, 9.17) is 9.31 Å². The first-order chi connectivity index (χ1) is 11.1. The summed E-state index contributed by atoms with van der Waals surface area (Å²) in [5.41, 5.74) is 2.28. The zero-order valence-corrected chi connectivity index (χ0v) is 15.9. The Hall–Kier alpha value is -1.30. The number of thioether (sulfide) groups is 1. The zero-order chi connectivity index (χ0) is 18.0. The van der Waals surface area contributed by atoms with Crippen LogP contribution in [0.5, 0.6) is 0 Å². The van der Waals surface area contributed by atoms with Crippen molar-refractivity contribution in [3.8, 4) is 0 Å². The predicted octanol–water partition coefficient (Wildman–Crippen LogP) is 4.62. The third kappa shape index (κ3) is 4.41. The Morgan fingerprint density at radius 1 is 1.12 bits per heavy atom. The maximum Gasteiger partial charge on any atom is 0.491 e. The van der Waals surface area contributed by atoms with E-state index in [9.17, 15) is 4.79 Å². The van der Waals surface area contributed by atoms with Gasteiger partial charge in [-0.15, -0.1) is 0 Å². The van der Waals surface area contributed by atoms with Crippen LogP contribution in [0.2, 0.25) is 0 Å². The van der Waals surface area contributed by atoms with Crippen molar-refractivity contribution in [1.29, 1.82) is 0 Å². The molecule has 0 N–H and O–H groups in total. The van der Waals surface area contributed by atoms with Crippen molar-refractivity contribution in [1.82, 2.24) is 0 Å². The van der Waals surface area contributed by atoms with E-state index < -0.39 is 18.3 Å². The minimum atomic E-state index is -0.444. The molecule has 3 nitrogen and oxygen atoms in total. The molecule has 0 saturated carbocycles. The average Bonchev–Trinajstić information content (AvgIpc) is 2.72. The topological polar surface area (TPSA) is 35.5 Å². The number of carbonyl (C=O) groups is 1. The van der Waals surface area contributed by atoms with Crippen LogP contribution in [-0.2, 0) is 14.1 Å². The van der Waals surface area contributed by atoms with E-state index >= 15 is 0 Å². The van der Waals surface area contributed by atoms with Crippen molar-refractivity contribution in [3.05, 3.63) is 47.4 Å². The number of benzene rings is 1. The number of hydrogen-bond donors (Lipinski definition) is 0. The molecular formula is C19H25BO3S. The maximum absolute atomic E-state index is 11.4. The fourth-order valence-electron chi connectivity index (χ4n) is 2.30. The average molecular weight is 344 g/mol. The molecule has 24 heavy (non-hydrogen) atoms. The quantitative estimate of drug-likeness (QED) is 0.730. The fourth-order valence-corrected chi connectivity index (χ4v) is 2.89. The smallest absolute Gasteiger partial charge is 0.400 e. The minimum absolute atomic E-state index is 0.0828. The van der Waals surface area contributed by atoms with E-state index in [0.29, 0.717) is 5.75 Å². The van der Waals surface area contributed by atoms with Crippen molar-refractivity contribution in [2.75, 3.05) is 5.75 Å². The molecule has 0 spiro atoms. The molecule has 128 valence electrons. The van der Waals surface area contributed by atoms with Gasteiger partial charge in [-0.3, -0.25) is 4.79 Å². The molecule has 0 atom stereocenters. The molecule has 1 aliphatic heterocycles. The lowest BCUT2D eigenvalue weighted by Gasteiger charge is -2.32. The van der Waals surface area contributed by atoms with E-state index in [1.54, 1.807) is 6.92 Å². The molecule has 0 radical (unpaired) electrons. The van der Waals surface area contributed by atoms with Gasteiger partial charge in [0, 0.05) is 12.7 Å². The number of hydrogen-bond acceptors (Lipinski definition) is 4. The molecule has 1 aromatic rings. The lowest BCUT2D eigenvalue weighted by molar-refractivity contribution is -0.109. The molecule has 1 heterocycles. The van der Waals surface area contributed by atoms with Gasteiger partial charge in [-0.1, -0.05) is 54.8 Å². The second-order valence-electron chi connectivity index (χ2n) is 6.96. The van der Waals surface area contributed by atoms with Crippen molar-refractivity contribution in [3.63, 3.8) is 0 Å². The highest BCUT2D eigenvalue weighted by Crippen LogP contribution is 2.39. The van der Waals surface area contributed by atoms with Gasteiger partial charge in [-0.25, -0.2) is 0 Å². The first kappa shape index (κ1) is 19.0. The standard InChI is InChI=1S/C19H25BO3S/c1-7-15-8-10-16(11-9-15)12-17(13-24-14(2)21)20-22-18(3,4)19(5,6)23-20/h7-12H,1,13H2,2-6H3. The molecular weight excluding hydrogens is 319 g/mol. The molecule has 0 unspecified atom stereocenters. The van der Waals surface area contributed by atoms with Crippen molar-refractivity contribution in [2.45, 2.75) is 45.8 Å². The molecule has 0 amide bonds. The van der Waals surface area contributed by atoms with Gasteiger partial charge in [-0.05, 0) is 44.3 Å². The Kier molecular flexibility index (Phi) is 5.79. The number of carbonyl (C=O) groups excluding carboxylic acids is 1. The normalized spacial score (nSPS) is 19.4. The van der Waals surface area contributed by atoms with Crippen LogP contribution in [-0.4, -0.2) is 29.2 Å². The highest BCUT2D eigenvalue weighted by Gasteiger charge is 2.52. The summed E-state index contributed by atoms with van der Waals surface area (Å²) in [4.78, 5) is 11.4. The molecule has 1 fully saturated rings. The van der Waals surface area contributed by atoms with E-state index in [1.807, 2.05) is 64.1 Å². The Bertz CT molecular complexity index is 631. The van der Waals surface area contributed by atoms with Gasteiger partial charge in [-0.2, -0.15) is 0 Å². The third-order valence-electron chi connectivity index (χ3n) is 4.52. The predicted molar refractivity (Wildman–Crippen MR) is 104 cm³/mol. The van der Waals surface area contributed by atoms with Crippen LogP contribution >= 0.6 is 11.8 Å².